The number of halogens is 2. The van der Waals surface area contributed by atoms with Gasteiger partial charge in [-0.15, -0.1) is 0 Å². The number of rotatable bonds is 5. The molecule has 5 nitrogen and oxygen atoms in total. The number of nitro benzene ring substituents is 1. The number of anilines is 1. The molecule has 21 heavy (non-hydrogen) atoms. The first-order valence-corrected chi connectivity index (χ1v) is 6.80. The van der Waals surface area contributed by atoms with Crippen LogP contribution in [0, 0.1) is 15.9 Å². The first-order chi connectivity index (χ1) is 9.99. The van der Waals surface area contributed by atoms with Crippen LogP contribution in [0.1, 0.15) is 5.56 Å². The molecule has 2 rings (SSSR count). The van der Waals surface area contributed by atoms with E-state index in [0.29, 0.717) is 28.0 Å². The topological polar surface area (TPSA) is 64.4 Å². The minimum Gasteiger partial charge on any atom is -0.496 e. The van der Waals surface area contributed by atoms with Gasteiger partial charge in [0.05, 0.1) is 22.6 Å². The summed E-state index contributed by atoms with van der Waals surface area (Å²) in [5.74, 6) is 0.0684. The van der Waals surface area contributed by atoms with Gasteiger partial charge in [-0.25, -0.2) is 4.39 Å². The highest BCUT2D eigenvalue weighted by Crippen LogP contribution is 2.24. The van der Waals surface area contributed by atoms with Gasteiger partial charge in [-0.2, -0.15) is 0 Å². The van der Waals surface area contributed by atoms with Crippen molar-refractivity contribution in [3.8, 4) is 5.75 Å². The van der Waals surface area contributed by atoms with Crippen LogP contribution < -0.4 is 10.1 Å². The second-order valence-electron chi connectivity index (χ2n) is 4.28. The lowest BCUT2D eigenvalue weighted by molar-refractivity contribution is -0.385. The standard InChI is InChI=1S/C14H12BrFN2O3/c1-21-12-5-9(4-11(7-12)18(19)20)8-17-10-2-3-14(16)13(15)6-10/h2-7,17H,8H2,1H3. The van der Waals surface area contributed by atoms with E-state index in [1.807, 2.05) is 0 Å². The Morgan fingerprint density at radius 2 is 2.10 bits per heavy atom. The maximum Gasteiger partial charge on any atom is 0.273 e. The van der Waals surface area contributed by atoms with Gasteiger partial charge in [0.2, 0.25) is 0 Å². The molecule has 0 aliphatic heterocycles. The van der Waals surface area contributed by atoms with Crippen molar-refractivity contribution >= 4 is 27.3 Å². The minimum atomic E-state index is -0.472. The van der Waals surface area contributed by atoms with Gasteiger partial charge < -0.3 is 10.1 Å². The van der Waals surface area contributed by atoms with Crippen molar-refractivity contribution in [1.29, 1.82) is 0 Å². The summed E-state index contributed by atoms with van der Waals surface area (Å²) in [4.78, 5) is 10.4. The van der Waals surface area contributed by atoms with E-state index in [4.69, 9.17) is 4.74 Å². The van der Waals surface area contributed by atoms with E-state index in [1.54, 1.807) is 18.2 Å². The Kier molecular flexibility index (Phi) is 4.74. The van der Waals surface area contributed by atoms with E-state index in [9.17, 15) is 14.5 Å². The summed E-state index contributed by atoms with van der Waals surface area (Å²) in [5.41, 5.74) is 1.36. The predicted molar refractivity (Wildman–Crippen MR) is 81.1 cm³/mol. The molecule has 0 heterocycles. The highest BCUT2D eigenvalue weighted by atomic mass is 79.9. The molecule has 0 amide bonds. The van der Waals surface area contributed by atoms with Crippen LogP contribution in [-0.4, -0.2) is 12.0 Å². The molecule has 0 bridgehead atoms. The first-order valence-electron chi connectivity index (χ1n) is 6.01. The van der Waals surface area contributed by atoms with Gasteiger partial charge in [-0.05, 0) is 45.8 Å². The molecule has 0 aromatic heterocycles. The van der Waals surface area contributed by atoms with E-state index < -0.39 is 4.92 Å². The fourth-order valence-corrected chi connectivity index (χ4v) is 2.16. The number of nitro groups is 1. The molecule has 1 N–H and O–H groups in total. The third-order valence-electron chi connectivity index (χ3n) is 2.81. The average molecular weight is 355 g/mol. The zero-order valence-electron chi connectivity index (χ0n) is 11.1. The van der Waals surface area contributed by atoms with Gasteiger partial charge in [-0.3, -0.25) is 10.1 Å². The molecule has 0 aliphatic rings. The summed E-state index contributed by atoms with van der Waals surface area (Å²) >= 11 is 3.10. The lowest BCUT2D eigenvalue weighted by atomic mass is 10.2. The number of hydrogen-bond donors (Lipinski definition) is 1. The molecular weight excluding hydrogens is 343 g/mol. The zero-order valence-corrected chi connectivity index (χ0v) is 12.7. The second-order valence-corrected chi connectivity index (χ2v) is 5.13. The number of benzene rings is 2. The third-order valence-corrected chi connectivity index (χ3v) is 3.42. The zero-order chi connectivity index (χ0) is 15.4. The van der Waals surface area contributed by atoms with E-state index in [0.717, 1.165) is 0 Å². The molecule has 0 saturated heterocycles. The summed E-state index contributed by atoms with van der Waals surface area (Å²) in [7, 11) is 1.45. The highest BCUT2D eigenvalue weighted by molar-refractivity contribution is 9.10. The van der Waals surface area contributed by atoms with Gasteiger partial charge in [0.15, 0.2) is 0 Å². The van der Waals surface area contributed by atoms with E-state index in [2.05, 4.69) is 21.2 Å². The van der Waals surface area contributed by atoms with Crippen molar-refractivity contribution in [1.82, 2.24) is 0 Å². The Morgan fingerprint density at radius 3 is 2.71 bits per heavy atom. The summed E-state index contributed by atoms with van der Waals surface area (Å²) in [6.07, 6.45) is 0. The number of nitrogens with zero attached hydrogens (tertiary/aromatic N) is 1. The van der Waals surface area contributed by atoms with Crippen LogP contribution in [0.2, 0.25) is 0 Å². The fraction of sp³-hybridized carbons (Fsp3) is 0.143. The van der Waals surface area contributed by atoms with Crippen LogP contribution in [0.5, 0.6) is 5.75 Å². The third kappa shape index (κ3) is 3.91. The van der Waals surface area contributed by atoms with Crippen LogP contribution in [0.25, 0.3) is 0 Å². The molecule has 0 spiro atoms. The van der Waals surface area contributed by atoms with Gasteiger partial charge in [0, 0.05) is 18.3 Å². The summed E-state index contributed by atoms with van der Waals surface area (Å²) < 4.78 is 18.5. The number of ether oxygens (including phenoxy) is 1. The molecule has 0 fully saturated rings. The Morgan fingerprint density at radius 1 is 1.33 bits per heavy atom. The molecule has 0 atom stereocenters. The lowest BCUT2D eigenvalue weighted by Gasteiger charge is -2.09. The minimum absolute atomic E-state index is 0.0357. The average Bonchev–Trinajstić information content (AvgIpc) is 2.48. The first kappa shape index (κ1) is 15.2. The van der Waals surface area contributed by atoms with Crippen LogP contribution in [0.15, 0.2) is 40.9 Å². The van der Waals surface area contributed by atoms with Crippen LogP contribution >= 0.6 is 15.9 Å². The van der Waals surface area contributed by atoms with E-state index in [1.165, 1.54) is 25.3 Å². The molecule has 0 unspecified atom stereocenters. The molecular formula is C14H12BrFN2O3. The molecule has 0 radical (unpaired) electrons. The number of nitrogens with one attached hydrogen (secondary N) is 1. The summed E-state index contributed by atoms with van der Waals surface area (Å²) in [6.45, 7) is 0.357. The second kappa shape index (κ2) is 6.53. The Bertz CT molecular complexity index is 679. The molecule has 2 aromatic rings. The SMILES string of the molecule is COc1cc(CNc2ccc(F)c(Br)c2)cc([N+](=O)[O-])c1. The van der Waals surface area contributed by atoms with Crippen molar-refractivity contribution in [2.75, 3.05) is 12.4 Å². The van der Waals surface area contributed by atoms with Gasteiger partial charge in [-0.1, -0.05) is 0 Å². The van der Waals surface area contributed by atoms with Crippen LogP contribution in [0.4, 0.5) is 15.8 Å². The van der Waals surface area contributed by atoms with Gasteiger partial charge in [0.25, 0.3) is 5.69 Å². The van der Waals surface area contributed by atoms with E-state index in [-0.39, 0.29) is 11.5 Å². The van der Waals surface area contributed by atoms with Crippen molar-refractivity contribution in [3.05, 3.63) is 62.4 Å². The monoisotopic (exact) mass is 354 g/mol. The predicted octanol–water partition coefficient (Wildman–Crippen LogP) is 4.12. The maximum absolute atomic E-state index is 13.1. The number of non-ortho nitro benzene ring substituents is 1. The number of hydrogen-bond acceptors (Lipinski definition) is 4. The fourth-order valence-electron chi connectivity index (χ4n) is 1.78. The van der Waals surface area contributed by atoms with E-state index >= 15 is 0 Å². The summed E-state index contributed by atoms with van der Waals surface area (Å²) in [5, 5.41) is 13.9. The van der Waals surface area contributed by atoms with Crippen LogP contribution in [0.3, 0.4) is 0 Å². The Hall–Kier alpha value is -2.15. The van der Waals surface area contributed by atoms with Crippen molar-refractivity contribution < 1.29 is 14.1 Å². The maximum atomic E-state index is 13.1. The molecule has 0 aliphatic carbocycles. The summed E-state index contributed by atoms with van der Waals surface area (Å²) in [6, 6.07) is 9.06. The van der Waals surface area contributed by atoms with Crippen LogP contribution in [-0.2, 0) is 6.54 Å². The smallest absolute Gasteiger partial charge is 0.273 e. The normalized spacial score (nSPS) is 10.2. The lowest BCUT2D eigenvalue weighted by Crippen LogP contribution is -2.01. The highest BCUT2D eigenvalue weighted by Gasteiger charge is 2.10. The van der Waals surface area contributed by atoms with Gasteiger partial charge >= 0.3 is 0 Å². The Labute approximate surface area is 129 Å². The molecule has 7 heteroatoms. The Balaban J connectivity index is 2.17. The van der Waals surface area contributed by atoms with Crippen molar-refractivity contribution in [2.24, 2.45) is 0 Å². The van der Waals surface area contributed by atoms with Gasteiger partial charge in [0.1, 0.15) is 11.6 Å². The van der Waals surface area contributed by atoms with Crippen molar-refractivity contribution in [3.63, 3.8) is 0 Å². The molecule has 0 saturated carbocycles. The molecule has 2 aromatic carbocycles. The number of methoxy groups -OCH3 is 1. The molecule has 110 valence electrons. The largest absolute Gasteiger partial charge is 0.496 e. The van der Waals surface area contributed by atoms with Crippen molar-refractivity contribution in [2.45, 2.75) is 6.54 Å². The quantitative estimate of drug-likeness (QED) is 0.647.